The maximum absolute atomic E-state index is 13.0. The number of hydrogen-bond donors (Lipinski definition) is 1. The summed E-state index contributed by atoms with van der Waals surface area (Å²) in [5, 5.41) is 3.21. The second-order valence-corrected chi connectivity index (χ2v) is 9.97. The van der Waals surface area contributed by atoms with Crippen molar-refractivity contribution < 1.29 is 17.9 Å². The highest BCUT2D eigenvalue weighted by atomic mass is 35.5. The molecule has 2 aromatic rings. The van der Waals surface area contributed by atoms with E-state index in [0.29, 0.717) is 29.5 Å². The van der Waals surface area contributed by atoms with E-state index in [4.69, 9.17) is 16.3 Å². The van der Waals surface area contributed by atoms with Gasteiger partial charge in [0.1, 0.15) is 5.75 Å². The van der Waals surface area contributed by atoms with Crippen molar-refractivity contribution >= 4 is 33.2 Å². The quantitative estimate of drug-likeness (QED) is 0.701. The monoisotopic (exact) mass is 450 g/mol. The predicted molar refractivity (Wildman–Crippen MR) is 119 cm³/mol. The van der Waals surface area contributed by atoms with Crippen LogP contribution in [-0.4, -0.2) is 37.8 Å². The minimum absolute atomic E-state index is 0.181. The zero-order valence-electron chi connectivity index (χ0n) is 17.4. The van der Waals surface area contributed by atoms with Crippen LogP contribution in [0.15, 0.2) is 41.3 Å². The van der Waals surface area contributed by atoms with E-state index >= 15 is 0 Å². The maximum atomic E-state index is 13.0. The molecule has 0 spiro atoms. The van der Waals surface area contributed by atoms with Crippen LogP contribution in [0.1, 0.15) is 37.3 Å². The number of aryl methyl sites for hydroxylation is 2. The second-order valence-electron chi connectivity index (χ2n) is 7.62. The van der Waals surface area contributed by atoms with Gasteiger partial charge in [-0.05, 0) is 69.0 Å². The third-order valence-corrected chi connectivity index (χ3v) is 7.39. The van der Waals surface area contributed by atoms with E-state index in [-0.39, 0.29) is 10.8 Å². The van der Waals surface area contributed by atoms with Crippen LogP contribution in [0.3, 0.4) is 0 Å². The van der Waals surface area contributed by atoms with Crippen LogP contribution in [0.5, 0.6) is 5.75 Å². The summed E-state index contributed by atoms with van der Waals surface area (Å²) < 4.78 is 33.1. The molecule has 1 unspecified atom stereocenters. The Bertz CT molecular complexity index is 1030. The summed E-state index contributed by atoms with van der Waals surface area (Å²) in [5.41, 5.74) is 2.18. The summed E-state index contributed by atoms with van der Waals surface area (Å²) >= 11 is 6.15. The largest absolute Gasteiger partial charge is 0.479 e. The first-order valence-corrected chi connectivity index (χ1v) is 11.8. The maximum Gasteiger partial charge on any atom is 0.265 e. The lowest BCUT2D eigenvalue weighted by Gasteiger charge is -2.26. The molecule has 1 aliphatic rings. The molecule has 1 fully saturated rings. The predicted octanol–water partition coefficient (Wildman–Crippen LogP) is 4.54. The minimum atomic E-state index is -3.58. The Hall–Kier alpha value is -2.09. The molecule has 8 heteroatoms. The van der Waals surface area contributed by atoms with Crippen LogP contribution in [0, 0.1) is 13.8 Å². The molecule has 6 nitrogen and oxygen atoms in total. The van der Waals surface area contributed by atoms with Crippen LogP contribution >= 0.6 is 11.6 Å². The molecule has 1 saturated heterocycles. The lowest BCUT2D eigenvalue weighted by Crippen LogP contribution is -2.35. The van der Waals surface area contributed by atoms with Crippen molar-refractivity contribution in [1.82, 2.24) is 4.31 Å². The van der Waals surface area contributed by atoms with Crippen LogP contribution in [0.2, 0.25) is 5.02 Å². The fourth-order valence-electron chi connectivity index (χ4n) is 3.33. The Morgan fingerprint density at radius 1 is 1.10 bits per heavy atom. The average Bonchev–Trinajstić information content (AvgIpc) is 2.72. The Balaban J connectivity index is 1.76. The van der Waals surface area contributed by atoms with Gasteiger partial charge in [0.2, 0.25) is 10.0 Å². The molecule has 2 aromatic carbocycles. The molecule has 162 valence electrons. The molecular weight excluding hydrogens is 424 g/mol. The molecule has 1 atom stereocenters. The van der Waals surface area contributed by atoms with Gasteiger partial charge in [0.25, 0.3) is 5.91 Å². The van der Waals surface area contributed by atoms with E-state index in [1.807, 2.05) is 19.9 Å². The number of carbonyl (C=O) groups excluding carboxylic acids is 1. The fourth-order valence-corrected chi connectivity index (χ4v) is 5.04. The third-order valence-electron chi connectivity index (χ3n) is 5.18. The second kappa shape index (κ2) is 9.37. The summed E-state index contributed by atoms with van der Waals surface area (Å²) in [4.78, 5) is 12.9. The number of amides is 1. The number of piperidine rings is 1. The van der Waals surface area contributed by atoms with E-state index in [2.05, 4.69) is 5.32 Å². The molecule has 1 heterocycles. The highest BCUT2D eigenvalue weighted by Crippen LogP contribution is 2.28. The number of hydrogen-bond acceptors (Lipinski definition) is 4. The Morgan fingerprint density at radius 3 is 2.50 bits per heavy atom. The van der Waals surface area contributed by atoms with E-state index < -0.39 is 16.1 Å². The minimum Gasteiger partial charge on any atom is -0.479 e. The molecule has 0 radical (unpaired) electrons. The number of carbonyl (C=O) groups is 1. The highest BCUT2D eigenvalue weighted by molar-refractivity contribution is 7.89. The zero-order valence-corrected chi connectivity index (χ0v) is 19.0. The van der Waals surface area contributed by atoms with Crippen molar-refractivity contribution in [2.24, 2.45) is 0 Å². The number of nitrogens with one attached hydrogen (secondary N) is 1. The SMILES string of the molecule is Cc1ccc(Cl)c(OC(C)C(=O)Nc2cc(S(=O)(=O)N3CCCCC3)ccc2C)c1. The van der Waals surface area contributed by atoms with Gasteiger partial charge in [0.15, 0.2) is 6.10 Å². The first-order valence-electron chi connectivity index (χ1n) is 10.0. The van der Waals surface area contributed by atoms with Crippen molar-refractivity contribution in [1.29, 1.82) is 0 Å². The summed E-state index contributed by atoms with van der Waals surface area (Å²) in [7, 11) is -3.58. The topological polar surface area (TPSA) is 75.7 Å². The van der Waals surface area contributed by atoms with E-state index in [9.17, 15) is 13.2 Å². The molecular formula is C22H27ClN2O4S. The molecule has 3 rings (SSSR count). The van der Waals surface area contributed by atoms with E-state index in [1.54, 1.807) is 31.2 Å². The molecule has 30 heavy (non-hydrogen) atoms. The lowest BCUT2D eigenvalue weighted by atomic mass is 10.2. The van der Waals surface area contributed by atoms with E-state index in [0.717, 1.165) is 30.4 Å². The number of nitrogens with zero attached hydrogens (tertiary/aromatic N) is 1. The third kappa shape index (κ3) is 5.14. The van der Waals surface area contributed by atoms with Gasteiger partial charge in [0.05, 0.1) is 9.92 Å². The lowest BCUT2D eigenvalue weighted by molar-refractivity contribution is -0.122. The molecule has 1 amide bonds. The normalized spacial score (nSPS) is 16.1. The van der Waals surface area contributed by atoms with Gasteiger partial charge in [-0.3, -0.25) is 4.79 Å². The zero-order chi connectivity index (χ0) is 21.9. The van der Waals surface area contributed by atoms with Crippen LogP contribution < -0.4 is 10.1 Å². The van der Waals surface area contributed by atoms with E-state index in [1.165, 1.54) is 10.4 Å². The molecule has 1 aliphatic heterocycles. The van der Waals surface area contributed by atoms with Crippen molar-refractivity contribution in [3.05, 3.63) is 52.5 Å². The molecule has 0 saturated carbocycles. The van der Waals surface area contributed by atoms with Crippen LogP contribution in [-0.2, 0) is 14.8 Å². The van der Waals surface area contributed by atoms with Crippen molar-refractivity contribution in [3.63, 3.8) is 0 Å². The highest BCUT2D eigenvalue weighted by Gasteiger charge is 2.27. The Labute approximate surface area is 183 Å². The molecule has 0 aromatic heterocycles. The summed E-state index contributed by atoms with van der Waals surface area (Å²) in [5.74, 6) is 0.0423. The van der Waals surface area contributed by atoms with Gasteiger partial charge in [0, 0.05) is 18.8 Å². The Kier molecular flexibility index (Phi) is 7.06. The standard InChI is InChI=1S/C22H27ClN2O4S/c1-15-7-10-19(23)21(13-15)29-17(3)22(26)24-20-14-18(9-8-16(20)2)30(27,28)25-11-5-4-6-12-25/h7-10,13-14,17H,4-6,11-12H2,1-3H3,(H,24,26). The number of rotatable bonds is 6. The van der Waals surface area contributed by atoms with Crippen molar-refractivity contribution in [2.45, 2.75) is 51.0 Å². The summed E-state index contributed by atoms with van der Waals surface area (Å²) in [6.45, 7) is 6.40. The molecule has 1 N–H and O–H groups in total. The first-order chi connectivity index (χ1) is 14.2. The van der Waals surface area contributed by atoms with Crippen molar-refractivity contribution in [3.8, 4) is 5.75 Å². The van der Waals surface area contributed by atoms with Gasteiger partial charge in [-0.25, -0.2) is 8.42 Å². The number of halogens is 1. The number of anilines is 1. The number of benzene rings is 2. The molecule has 0 aliphatic carbocycles. The van der Waals surface area contributed by atoms with Gasteiger partial charge >= 0.3 is 0 Å². The molecule has 0 bridgehead atoms. The first kappa shape index (κ1) is 22.6. The van der Waals surface area contributed by atoms with Crippen LogP contribution in [0.4, 0.5) is 5.69 Å². The van der Waals surface area contributed by atoms with Crippen LogP contribution in [0.25, 0.3) is 0 Å². The number of sulfonamides is 1. The van der Waals surface area contributed by atoms with Gasteiger partial charge in [-0.1, -0.05) is 30.2 Å². The van der Waals surface area contributed by atoms with Gasteiger partial charge < -0.3 is 10.1 Å². The van der Waals surface area contributed by atoms with Gasteiger partial charge in [-0.15, -0.1) is 0 Å². The average molecular weight is 451 g/mol. The fraction of sp³-hybridized carbons (Fsp3) is 0.409. The summed E-state index contributed by atoms with van der Waals surface area (Å²) in [6, 6.07) is 10.1. The smallest absolute Gasteiger partial charge is 0.265 e. The summed E-state index contributed by atoms with van der Waals surface area (Å²) in [6.07, 6.45) is 1.96. The van der Waals surface area contributed by atoms with Gasteiger partial charge in [-0.2, -0.15) is 4.31 Å². The number of ether oxygens (including phenoxy) is 1. The Morgan fingerprint density at radius 2 is 1.80 bits per heavy atom. The van der Waals surface area contributed by atoms with Crippen molar-refractivity contribution in [2.75, 3.05) is 18.4 Å².